The zero-order valence-electron chi connectivity index (χ0n) is 9.86. The Morgan fingerprint density at radius 2 is 2.19 bits per heavy atom. The van der Waals surface area contributed by atoms with E-state index in [4.69, 9.17) is 15.6 Å². The summed E-state index contributed by atoms with van der Waals surface area (Å²) in [7, 11) is 0. The summed E-state index contributed by atoms with van der Waals surface area (Å²) >= 11 is 0. The van der Waals surface area contributed by atoms with Gasteiger partial charge in [0, 0.05) is 29.5 Å². The molecule has 0 aliphatic rings. The monoisotopic (exact) mass is 224 g/mol. The van der Waals surface area contributed by atoms with Crippen molar-refractivity contribution in [2.45, 2.75) is 26.3 Å². The Morgan fingerprint density at radius 3 is 2.81 bits per heavy atom. The molecule has 0 heterocycles. The minimum absolute atomic E-state index is 0.000764. The van der Waals surface area contributed by atoms with E-state index in [9.17, 15) is 0 Å². The molecule has 4 nitrogen and oxygen atoms in total. The van der Waals surface area contributed by atoms with Crippen LogP contribution in [0, 0.1) is 0 Å². The molecule has 0 aliphatic carbocycles. The maximum absolute atomic E-state index is 8.95. The smallest absolute Gasteiger partial charge is 0.123 e. The number of aliphatic hydroxyl groups is 1. The van der Waals surface area contributed by atoms with Crippen LogP contribution >= 0.6 is 0 Å². The van der Waals surface area contributed by atoms with Crippen LogP contribution < -0.4 is 15.8 Å². The van der Waals surface area contributed by atoms with Gasteiger partial charge in [0.05, 0.1) is 13.2 Å². The molecule has 0 saturated carbocycles. The van der Waals surface area contributed by atoms with Crippen LogP contribution in [0.5, 0.6) is 5.75 Å². The van der Waals surface area contributed by atoms with Crippen LogP contribution in [-0.4, -0.2) is 24.4 Å². The lowest BCUT2D eigenvalue weighted by atomic mass is 10.2. The van der Waals surface area contributed by atoms with Crippen molar-refractivity contribution in [1.29, 1.82) is 0 Å². The second-order valence-electron chi connectivity index (χ2n) is 3.87. The van der Waals surface area contributed by atoms with Gasteiger partial charge in [0.15, 0.2) is 0 Å². The zero-order chi connectivity index (χ0) is 12.0. The molecule has 16 heavy (non-hydrogen) atoms. The maximum atomic E-state index is 8.95. The Bertz CT molecular complexity index is 329. The van der Waals surface area contributed by atoms with Crippen LogP contribution in [0.3, 0.4) is 0 Å². The molecule has 0 spiro atoms. The Balaban J connectivity index is 2.73. The van der Waals surface area contributed by atoms with Crippen molar-refractivity contribution in [3.05, 3.63) is 18.2 Å². The molecular weight excluding hydrogens is 204 g/mol. The maximum Gasteiger partial charge on any atom is 0.123 e. The van der Waals surface area contributed by atoms with Crippen molar-refractivity contribution in [2.75, 3.05) is 24.3 Å². The van der Waals surface area contributed by atoms with E-state index < -0.39 is 0 Å². The van der Waals surface area contributed by atoms with Gasteiger partial charge < -0.3 is 20.9 Å². The Labute approximate surface area is 96.4 Å². The number of ether oxygens (including phenoxy) is 1. The SMILES string of the molecule is CCCOc1cc(N)cc(NC(C)CO)c1. The quantitative estimate of drug-likeness (QED) is 0.645. The molecule has 0 bridgehead atoms. The lowest BCUT2D eigenvalue weighted by molar-refractivity contribution is 0.281. The largest absolute Gasteiger partial charge is 0.493 e. The molecule has 1 rings (SSSR count). The lowest BCUT2D eigenvalue weighted by Crippen LogP contribution is -2.19. The molecule has 1 aromatic rings. The third-order valence-corrected chi connectivity index (χ3v) is 2.09. The van der Waals surface area contributed by atoms with E-state index in [2.05, 4.69) is 12.2 Å². The van der Waals surface area contributed by atoms with Gasteiger partial charge in [-0.25, -0.2) is 0 Å². The summed E-state index contributed by atoms with van der Waals surface area (Å²) in [6.07, 6.45) is 0.963. The van der Waals surface area contributed by atoms with E-state index >= 15 is 0 Å². The van der Waals surface area contributed by atoms with E-state index in [0.29, 0.717) is 12.3 Å². The van der Waals surface area contributed by atoms with Crippen molar-refractivity contribution >= 4 is 11.4 Å². The number of hydrogen-bond donors (Lipinski definition) is 3. The fourth-order valence-corrected chi connectivity index (χ4v) is 1.34. The van der Waals surface area contributed by atoms with Gasteiger partial charge >= 0.3 is 0 Å². The van der Waals surface area contributed by atoms with Crippen molar-refractivity contribution in [3.8, 4) is 5.75 Å². The number of hydrogen-bond acceptors (Lipinski definition) is 4. The van der Waals surface area contributed by atoms with E-state index in [-0.39, 0.29) is 12.6 Å². The van der Waals surface area contributed by atoms with Gasteiger partial charge in [-0.3, -0.25) is 0 Å². The molecule has 1 atom stereocenters. The minimum atomic E-state index is 0.000764. The predicted octanol–water partition coefficient (Wildman–Crippen LogP) is 1.85. The fraction of sp³-hybridized carbons (Fsp3) is 0.500. The van der Waals surface area contributed by atoms with Crippen LogP contribution in [0.1, 0.15) is 20.3 Å². The first-order valence-electron chi connectivity index (χ1n) is 5.56. The molecule has 0 aliphatic heterocycles. The van der Waals surface area contributed by atoms with Gasteiger partial charge in [0.25, 0.3) is 0 Å². The first kappa shape index (κ1) is 12.6. The molecule has 1 aromatic carbocycles. The highest BCUT2D eigenvalue weighted by Crippen LogP contribution is 2.23. The van der Waals surface area contributed by atoms with Gasteiger partial charge in [-0.2, -0.15) is 0 Å². The van der Waals surface area contributed by atoms with Gasteiger partial charge in [-0.15, -0.1) is 0 Å². The van der Waals surface area contributed by atoms with Gasteiger partial charge in [0.2, 0.25) is 0 Å². The van der Waals surface area contributed by atoms with E-state index in [0.717, 1.165) is 17.9 Å². The topological polar surface area (TPSA) is 67.5 Å². The summed E-state index contributed by atoms with van der Waals surface area (Å²) in [4.78, 5) is 0. The highest BCUT2D eigenvalue weighted by molar-refractivity contribution is 5.59. The number of anilines is 2. The minimum Gasteiger partial charge on any atom is -0.493 e. The standard InChI is InChI=1S/C12H20N2O2/c1-3-4-16-12-6-10(13)5-11(7-12)14-9(2)8-15/h5-7,9,14-15H,3-4,8,13H2,1-2H3. The van der Waals surface area contributed by atoms with E-state index in [1.165, 1.54) is 0 Å². The zero-order valence-corrected chi connectivity index (χ0v) is 9.86. The van der Waals surface area contributed by atoms with Crippen LogP contribution in [0.15, 0.2) is 18.2 Å². The normalized spacial score (nSPS) is 12.2. The Morgan fingerprint density at radius 1 is 1.44 bits per heavy atom. The molecule has 4 N–H and O–H groups in total. The van der Waals surface area contributed by atoms with Crippen LogP contribution in [-0.2, 0) is 0 Å². The van der Waals surface area contributed by atoms with E-state index in [1.807, 2.05) is 19.1 Å². The summed E-state index contributed by atoms with van der Waals surface area (Å²) in [6.45, 7) is 4.72. The molecule has 1 unspecified atom stereocenters. The predicted molar refractivity (Wildman–Crippen MR) is 66.8 cm³/mol. The third kappa shape index (κ3) is 3.98. The summed E-state index contributed by atoms with van der Waals surface area (Å²) in [6, 6.07) is 5.51. The van der Waals surface area contributed by atoms with Crippen LogP contribution in [0.4, 0.5) is 11.4 Å². The lowest BCUT2D eigenvalue weighted by Gasteiger charge is -2.14. The number of nitrogen functional groups attached to an aromatic ring is 1. The van der Waals surface area contributed by atoms with Crippen molar-refractivity contribution in [3.63, 3.8) is 0 Å². The number of nitrogens with one attached hydrogen (secondary N) is 1. The summed E-state index contributed by atoms with van der Waals surface area (Å²) in [5, 5.41) is 12.1. The molecule has 0 amide bonds. The van der Waals surface area contributed by atoms with Crippen molar-refractivity contribution in [2.24, 2.45) is 0 Å². The Kier molecular flexibility index (Phi) is 4.92. The molecule has 0 aromatic heterocycles. The molecule has 90 valence electrons. The van der Waals surface area contributed by atoms with Crippen molar-refractivity contribution < 1.29 is 9.84 Å². The van der Waals surface area contributed by atoms with Crippen LogP contribution in [0.2, 0.25) is 0 Å². The second-order valence-corrected chi connectivity index (χ2v) is 3.87. The van der Waals surface area contributed by atoms with Gasteiger partial charge in [0.1, 0.15) is 5.75 Å². The molecular formula is C12H20N2O2. The number of aliphatic hydroxyl groups excluding tert-OH is 1. The highest BCUT2D eigenvalue weighted by atomic mass is 16.5. The van der Waals surface area contributed by atoms with Crippen molar-refractivity contribution in [1.82, 2.24) is 0 Å². The second kappa shape index (κ2) is 6.23. The molecule has 0 radical (unpaired) electrons. The highest BCUT2D eigenvalue weighted by Gasteiger charge is 2.03. The first-order valence-corrected chi connectivity index (χ1v) is 5.56. The molecule has 0 fully saturated rings. The Hall–Kier alpha value is -1.42. The average molecular weight is 224 g/mol. The molecule has 0 saturated heterocycles. The number of nitrogens with two attached hydrogens (primary N) is 1. The molecule has 4 heteroatoms. The fourth-order valence-electron chi connectivity index (χ4n) is 1.34. The van der Waals surface area contributed by atoms with Gasteiger partial charge in [-0.1, -0.05) is 6.92 Å². The number of benzene rings is 1. The summed E-state index contributed by atoms with van der Waals surface area (Å²) in [5.41, 5.74) is 7.29. The average Bonchev–Trinajstić information content (AvgIpc) is 2.25. The third-order valence-electron chi connectivity index (χ3n) is 2.09. The number of rotatable bonds is 6. The van der Waals surface area contributed by atoms with Gasteiger partial charge in [-0.05, 0) is 19.4 Å². The first-order chi connectivity index (χ1) is 7.65. The summed E-state index contributed by atoms with van der Waals surface area (Å²) < 4.78 is 5.51. The summed E-state index contributed by atoms with van der Waals surface area (Å²) in [5.74, 6) is 0.759. The van der Waals surface area contributed by atoms with Crippen LogP contribution in [0.25, 0.3) is 0 Å². The van der Waals surface area contributed by atoms with E-state index in [1.54, 1.807) is 6.07 Å².